The van der Waals surface area contributed by atoms with Gasteiger partial charge in [-0.3, -0.25) is 4.79 Å². The molecule has 0 aliphatic heterocycles. The van der Waals surface area contributed by atoms with Gasteiger partial charge in [-0.25, -0.2) is 4.98 Å². The number of thiazole rings is 1. The first-order valence-corrected chi connectivity index (χ1v) is 6.23. The van der Waals surface area contributed by atoms with Crippen LogP contribution in [-0.4, -0.2) is 10.9 Å². The van der Waals surface area contributed by atoms with Gasteiger partial charge in [-0.2, -0.15) is 0 Å². The van der Waals surface area contributed by atoms with Gasteiger partial charge in [-0.1, -0.05) is 24.3 Å². The second-order valence-corrected chi connectivity index (χ2v) is 5.16. The molecule has 0 radical (unpaired) electrons. The average Bonchev–Trinajstić information content (AvgIpc) is 2.67. The molecule has 0 aliphatic carbocycles. The van der Waals surface area contributed by atoms with E-state index in [0.717, 1.165) is 16.0 Å². The van der Waals surface area contributed by atoms with E-state index < -0.39 is 0 Å². The lowest BCUT2D eigenvalue weighted by molar-refractivity contribution is -0.115. The van der Waals surface area contributed by atoms with Crippen molar-refractivity contribution in [3.05, 3.63) is 46.5 Å². The lowest BCUT2D eigenvalue weighted by Gasteiger charge is -2.04. The Morgan fingerprint density at radius 2 is 2.12 bits per heavy atom. The molecule has 4 heteroatoms. The molecule has 0 unspecified atom stereocenters. The van der Waals surface area contributed by atoms with Gasteiger partial charge < -0.3 is 5.32 Å². The third-order valence-corrected chi connectivity index (χ3v) is 3.31. The lowest BCUT2D eigenvalue weighted by atomic mass is 10.1. The third-order valence-electron chi connectivity index (χ3n) is 2.48. The third kappa shape index (κ3) is 3.14. The van der Waals surface area contributed by atoms with E-state index in [2.05, 4.69) is 10.3 Å². The van der Waals surface area contributed by atoms with Crippen LogP contribution in [0.25, 0.3) is 0 Å². The topological polar surface area (TPSA) is 42.0 Å². The van der Waals surface area contributed by atoms with Gasteiger partial charge in [-0.15, -0.1) is 11.3 Å². The second kappa shape index (κ2) is 5.10. The Labute approximate surface area is 105 Å². The Morgan fingerprint density at radius 3 is 2.76 bits per heavy atom. The molecule has 2 rings (SSSR count). The second-order valence-electron chi connectivity index (χ2n) is 3.93. The number of hydrogen-bond donors (Lipinski definition) is 1. The molecule has 1 aromatic heterocycles. The monoisotopic (exact) mass is 246 g/mol. The van der Waals surface area contributed by atoms with E-state index in [1.165, 1.54) is 11.3 Å². The number of amides is 1. The zero-order valence-electron chi connectivity index (χ0n) is 9.86. The summed E-state index contributed by atoms with van der Waals surface area (Å²) in [6, 6.07) is 7.91. The van der Waals surface area contributed by atoms with Gasteiger partial charge in [0.2, 0.25) is 5.91 Å². The molecule has 0 aliphatic rings. The molecule has 0 saturated carbocycles. The van der Waals surface area contributed by atoms with Gasteiger partial charge >= 0.3 is 0 Å². The SMILES string of the molecule is Cc1cnc(NC(=O)Cc2ccccc2C)s1. The summed E-state index contributed by atoms with van der Waals surface area (Å²) >= 11 is 1.49. The Morgan fingerprint density at radius 1 is 1.35 bits per heavy atom. The lowest BCUT2D eigenvalue weighted by Crippen LogP contribution is -2.14. The Balaban J connectivity index is 2.01. The number of nitrogens with zero attached hydrogens (tertiary/aromatic N) is 1. The maximum absolute atomic E-state index is 11.8. The summed E-state index contributed by atoms with van der Waals surface area (Å²) in [7, 11) is 0. The van der Waals surface area contributed by atoms with Crippen LogP contribution in [0.2, 0.25) is 0 Å². The molecule has 1 heterocycles. The first-order valence-electron chi connectivity index (χ1n) is 5.42. The Kier molecular flexibility index (Phi) is 3.54. The fraction of sp³-hybridized carbons (Fsp3) is 0.231. The Bertz CT molecular complexity index is 534. The van der Waals surface area contributed by atoms with Crippen LogP contribution in [0.15, 0.2) is 30.5 Å². The zero-order chi connectivity index (χ0) is 12.3. The van der Waals surface area contributed by atoms with Crippen molar-refractivity contribution >= 4 is 22.4 Å². The number of carbonyl (C=O) groups excluding carboxylic acids is 1. The van der Waals surface area contributed by atoms with Crippen molar-refractivity contribution in [1.29, 1.82) is 0 Å². The van der Waals surface area contributed by atoms with Crippen LogP contribution < -0.4 is 5.32 Å². The normalized spacial score (nSPS) is 10.2. The van der Waals surface area contributed by atoms with Crippen molar-refractivity contribution in [3.8, 4) is 0 Å². The van der Waals surface area contributed by atoms with Crippen molar-refractivity contribution in [2.24, 2.45) is 0 Å². The van der Waals surface area contributed by atoms with Crippen molar-refractivity contribution in [3.63, 3.8) is 0 Å². The summed E-state index contributed by atoms with van der Waals surface area (Å²) in [4.78, 5) is 17.0. The maximum Gasteiger partial charge on any atom is 0.230 e. The molecule has 2 aromatic rings. The molecule has 0 bridgehead atoms. The molecule has 17 heavy (non-hydrogen) atoms. The summed E-state index contributed by atoms with van der Waals surface area (Å²) in [6.07, 6.45) is 2.15. The molecule has 0 atom stereocenters. The fourth-order valence-electron chi connectivity index (χ4n) is 1.56. The number of aryl methyl sites for hydroxylation is 2. The predicted molar refractivity (Wildman–Crippen MR) is 70.4 cm³/mol. The highest BCUT2D eigenvalue weighted by molar-refractivity contribution is 7.15. The molecule has 1 amide bonds. The van der Waals surface area contributed by atoms with Gasteiger partial charge in [0.1, 0.15) is 0 Å². The van der Waals surface area contributed by atoms with E-state index in [1.807, 2.05) is 38.1 Å². The van der Waals surface area contributed by atoms with E-state index >= 15 is 0 Å². The molecule has 0 saturated heterocycles. The number of rotatable bonds is 3. The highest BCUT2D eigenvalue weighted by Gasteiger charge is 2.07. The highest BCUT2D eigenvalue weighted by atomic mass is 32.1. The van der Waals surface area contributed by atoms with E-state index in [9.17, 15) is 4.79 Å². The summed E-state index contributed by atoms with van der Waals surface area (Å²) in [5.74, 6) is -0.0198. The molecule has 3 nitrogen and oxygen atoms in total. The number of nitrogens with one attached hydrogen (secondary N) is 1. The molecule has 88 valence electrons. The number of carbonyl (C=O) groups is 1. The smallest absolute Gasteiger partial charge is 0.230 e. The molecular formula is C13H14N2OS. The van der Waals surface area contributed by atoms with Crippen LogP contribution >= 0.6 is 11.3 Å². The standard InChI is InChI=1S/C13H14N2OS/c1-9-5-3-4-6-11(9)7-12(16)15-13-14-8-10(2)17-13/h3-6,8H,7H2,1-2H3,(H,14,15,16). The van der Waals surface area contributed by atoms with Gasteiger partial charge in [0.05, 0.1) is 6.42 Å². The van der Waals surface area contributed by atoms with Crippen molar-refractivity contribution in [1.82, 2.24) is 4.98 Å². The highest BCUT2D eigenvalue weighted by Crippen LogP contribution is 2.17. The first-order chi connectivity index (χ1) is 8.15. The van der Waals surface area contributed by atoms with Crippen LogP contribution in [0, 0.1) is 13.8 Å². The van der Waals surface area contributed by atoms with E-state index in [0.29, 0.717) is 11.6 Å². The summed E-state index contributed by atoms with van der Waals surface area (Å²) in [5, 5.41) is 3.47. The number of benzene rings is 1. The van der Waals surface area contributed by atoms with Crippen LogP contribution in [0.5, 0.6) is 0 Å². The predicted octanol–water partition coefficient (Wildman–Crippen LogP) is 2.94. The fourth-order valence-corrected chi connectivity index (χ4v) is 2.24. The average molecular weight is 246 g/mol. The largest absolute Gasteiger partial charge is 0.302 e. The number of aromatic nitrogens is 1. The number of anilines is 1. The quantitative estimate of drug-likeness (QED) is 0.904. The maximum atomic E-state index is 11.8. The number of hydrogen-bond acceptors (Lipinski definition) is 3. The molecular weight excluding hydrogens is 232 g/mol. The van der Waals surface area contributed by atoms with Crippen LogP contribution in [-0.2, 0) is 11.2 Å². The minimum atomic E-state index is -0.0198. The molecule has 1 aromatic carbocycles. The van der Waals surface area contributed by atoms with Gasteiger partial charge in [0.15, 0.2) is 5.13 Å². The zero-order valence-corrected chi connectivity index (χ0v) is 10.7. The van der Waals surface area contributed by atoms with Gasteiger partial charge in [0.25, 0.3) is 0 Å². The van der Waals surface area contributed by atoms with E-state index in [4.69, 9.17) is 0 Å². The Hall–Kier alpha value is -1.68. The summed E-state index contributed by atoms with van der Waals surface area (Å²) < 4.78 is 0. The minimum absolute atomic E-state index is 0.0198. The molecule has 1 N–H and O–H groups in total. The van der Waals surface area contributed by atoms with Crippen LogP contribution in [0.4, 0.5) is 5.13 Å². The van der Waals surface area contributed by atoms with Crippen molar-refractivity contribution < 1.29 is 4.79 Å². The van der Waals surface area contributed by atoms with E-state index in [1.54, 1.807) is 6.20 Å². The molecule has 0 spiro atoms. The minimum Gasteiger partial charge on any atom is -0.302 e. The van der Waals surface area contributed by atoms with Crippen LogP contribution in [0.3, 0.4) is 0 Å². The van der Waals surface area contributed by atoms with Crippen molar-refractivity contribution in [2.75, 3.05) is 5.32 Å². The summed E-state index contributed by atoms with van der Waals surface area (Å²) in [6.45, 7) is 3.98. The first kappa shape index (κ1) is 11.8. The molecule has 0 fully saturated rings. The van der Waals surface area contributed by atoms with E-state index in [-0.39, 0.29) is 5.91 Å². The van der Waals surface area contributed by atoms with Gasteiger partial charge in [-0.05, 0) is 25.0 Å². The summed E-state index contributed by atoms with van der Waals surface area (Å²) in [5.41, 5.74) is 2.19. The van der Waals surface area contributed by atoms with Crippen molar-refractivity contribution in [2.45, 2.75) is 20.3 Å². The van der Waals surface area contributed by atoms with Crippen LogP contribution in [0.1, 0.15) is 16.0 Å². The van der Waals surface area contributed by atoms with Gasteiger partial charge in [0, 0.05) is 11.1 Å².